The lowest BCUT2D eigenvalue weighted by molar-refractivity contribution is -0.141. The van der Waals surface area contributed by atoms with Crippen LogP contribution in [0.5, 0.6) is 0 Å². The van der Waals surface area contributed by atoms with Gasteiger partial charge in [-0.3, -0.25) is 9.59 Å². The molecule has 1 atom stereocenters. The van der Waals surface area contributed by atoms with Gasteiger partial charge in [-0.2, -0.15) is 0 Å². The van der Waals surface area contributed by atoms with Gasteiger partial charge in [0.15, 0.2) is 0 Å². The van der Waals surface area contributed by atoms with Crippen molar-refractivity contribution < 1.29 is 9.59 Å². The summed E-state index contributed by atoms with van der Waals surface area (Å²) in [5.41, 5.74) is 2.23. The van der Waals surface area contributed by atoms with E-state index < -0.39 is 11.6 Å². The van der Waals surface area contributed by atoms with Crippen LogP contribution in [0.2, 0.25) is 10.0 Å². The van der Waals surface area contributed by atoms with Gasteiger partial charge in [0, 0.05) is 18.5 Å². The van der Waals surface area contributed by atoms with Crippen molar-refractivity contribution in [3.05, 3.63) is 106 Å². The SMILES string of the molecule is CC(C)(C)NC(=O)[C@@H](Cc1ccccc1)N(Cc1ccc(Cl)c(Cl)c1)C(=O)Cc1ccccc1. The van der Waals surface area contributed by atoms with Crippen LogP contribution in [0.15, 0.2) is 78.9 Å². The van der Waals surface area contributed by atoms with Crippen LogP contribution in [-0.4, -0.2) is 28.3 Å². The predicted octanol–water partition coefficient (Wildman–Crippen LogP) is 6.09. The van der Waals surface area contributed by atoms with Crippen LogP contribution >= 0.6 is 23.2 Å². The van der Waals surface area contributed by atoms with E-state index in [9.17, 15) is 9.59 Å². The van der Waals surface area contributed by atoms with E-state index in [-0.39, 0.29) is 24.8 Å². The van der Waals surface area contributed by atoms with E-state index in [1.807, 2.05) is 87.5 Å². The van der Waals surface area contributed by atoms with Gasteiger partial charge < -0.3 is 10.2 Å². The molecule has 0 spiro atoms. The second kappa shape index (κ2) is 11.5. The monoisotopic (exact) mass is 496 g/mol. The van der Waals surface area contributed by atoms with Crippen LogP contribution in [0.3, 0.4) is 0 Å². The molecule has 0 radical (unpaired) electrons. The second-order valence-corrected chi connectivity index (χ2v) is 10.2. The molecule has 0 aliphatic heterocycles. The number of carbonyl (C=O) groups is 2. The highest BCUT2D eigenvalue weighted by Gasteiger charge is 2.32. The van der Waals surface area contributed by atoms with Gasteiger partial charge in [0.05, 0.1) is 16.5 Å². The Hall–Kier alpha value is -2.82. The Kier molecular flexibility index (Phi) is 8.76. The summed E-state index contributed by atoms with van der Waals surface area (Å²) in [7, 11) is 0. The summed E-state index contributed by atoms with van der Waals surface area (Å²) >= 11 is 12.4. The van der Waals surface area contributed by atoms with Gasteiger partial charge in [-0.25, -0.2) is 0 Å². The van der Waals surface area contributed by atoms with Gasteiger partial charge in [-0.15, -0.1) is 0 Å². The average Bonchev–Trinajstić information content (AvgIpc) is 2.78. The molecule has 3 aromatic carbocycles. The first kappa shape index (κ1) is 25.8. The van der Waals surface area contributed by atoms with Crippen LogP contribution in [-0.2, 0) is 29.0 Å². The van der Waals surface area contributed by atoms with Crippen LogP contribution in [0, 0.1) is 0 Å². The van der Waals surface area contributed by atoms with Gasteiger partial charge in [0.1, 0.15) is 6.04 Å². The van der Waals surface area contributed by atoms with E-state index in [0.717, 1.165) is 16.7 Å². The third kappa shape index (κ3) is 7.61. The normalized spacial score (nSPS) is 12.1. The van der Waals surface area contributed by atoms with Crippen molar-refractivity contribution in [3.8, 4) is 0 Å². The molecule has 6 heteroatoms. The zero-order chi connectivity index (χ0) is 24.7. The topological polar surface area (TPSA) is 49.4 Å². The van der Waals surface area contributed by atoms with E-state index in [0.29, 0.717) is 16.5 Å². The molecule has 2 amide bonds. The average molecular weight is 497 g/mol. The Morgan fingerprint density at radius 1 is 0.824 bits per heavy atom. The highest BCUT2D eigenvalue weighted by atomic mass is 35.5. The lowest BCUT2D eigenvalue weighted by atomic mass is 10.00. The van der Waals surface area contributed by atoms with Crippen LogP contribution in [0.1, 0.15) is 37.5 Å². The molecule has 178 valence electrons. The van der Waals surface area contributed by atoms with Crippen molar-refractivity contribution in [3.63, 3.8) is 0 Å². The summed E-state index contributed by atoms with van der Waals surface area (Å²) in [6.07, 6.45) is 0.584. The quantitative estimate of drug-likeness (QED) is 0.410. The standard InChI is InChI=1S/C28H30Cl2N2O2/c1-28(2,3)31-27(34)25(17-20-10-6-4-7-11-20)32(19-22-14-15-23(29)24(30)16-22)26(33)18-21-12-8-5-9-13-21/h4-16,25H,17-19H2,1-3H3,(H,31,34)/t25-/m1/s1. The summed E-state index contributed by atoms with van der Waals surface area (Å²) < 4.78 is 0. The van der Waals surface area contributed by atoms with Crippen LogP contribution in [0.4, 0.5) is 0 Å². The Labute approximate surface area is 211 Å². The van der Waals surface area contributed by atoms with Gasteiger partial charge in [0.25, 0.3) is 0 Å². The zero-order valence-electron chi connectivity index (χ0n) is 19.7. The molecule has 1 N–H and O–H groups in total. The first-order valence-electron chi connectivity index (χ1n) is 11.3. The van der Waals surface area contributed by atoms with E-state index in [1.165, 1.54) is 0 Å². The number of halogens is 2. The van der Waals surface area contributed by atoms with Crippen LogP contribution < -0.4 is 5.32 Å². The number of hydrogen-bond donors (Lipinski definition) is 1. The van der Waals surface area contributed by atoms with Crippen molar-refractivity contribution in [2.75, 3.05) is 0 Å². The van der Waals surface area contributed by atoms with Crippen molar-refractivity contribution in [2.45, 2.75) is 51.7 Å². The third-order valence-corrected chi connectivity index (χ3v) is 6.04. The number of benzene rings is 3. The van der Waals surface area contributed by atoms with Crippen molar-refractivity contribution in [1.82, 2.24) is 10.2 Å². The molecule has 0 fully saturated rings. The molecule has 34 heavy (non-hydrogen) atoms. The molecule has 0 heterocycles. The first-order chi connectivity index (χ1) is 16.1. The Morgan fingerprint density at radius 3 is 1.97 bits per heavy atom. The number of amides is 2. The minimum Gasteiger partial charge on any atom is -0.350 e. The fraction of sp³-hybridized carbons (Fsp3) is 0.286. The highest BCUT2D eigenvalue weighted by molar-refractivity contribution is 6.42. The molecule has 0 saturated carbocycles. The lowest BCUT2D eigenvalue weighted by Crippen LogP contribution is -2.54. The molecule has 0 unspecified atom stereocenters. The van der Waals surface area contributed by atoms with Crippen molar-refractivity contribution in [2.24, 2.45) is 0 Å². The maximum Gasteiger partial charge on any atom is 0.243 e. The van der Waals surface area contributed by atoms with Crippen LogP contribution in [0.25, 0.3) is 0 Å². The number of nitrogens with one attached hydrogen (secondary N) is 1. The number of rotatable bonds is 8. The fourth-order valence-corrected chi connectivity index (χ4v) is 4.03. The molecule has 0 aromatic heterocycles. The molecule has 0 bridgehead atoms. The molecule has 3 rings (SSSR count). The van der Waals surface area contributed by atoms with E-state index in [2.05, 4.69) is 5.32 Å². The molecule has 0 saturated heterocycles. The number of carbonyl (C=O) groups excluding carboxylic acids is 2. The maximum absolute atomic E-state index is 13.7. The predicted molar refractivity (Wildman–Crippen MR) is 139 cm³/mol. The van der Waals surface area contributed by atoms with E-state index in [4.69, 9.17) is 23.2 Å². The zero-order valence-corrected chi connectivity index (χ0v) is 21.2. The molecule has 0 aliphatic rings. The molecule has 3 aromatic rings. The minimum atomic E-state index is -0.702. The number of hydrogen-bond acceptors (Lipinski definition) is 2. The number of nitrogens with zero attached hydrogens (tertiary/aromatic N) is 1. The summed E-state index contributed by atoms with van der Waals surface area (Å²) in [6.45, 7) is 6.02. The van der Waals surface area contributed by atoms with Gasteiger partial charge in [0.2, 0.25) is 11.8 Å². The third-order valence-electron chi connectivity index (χ3n) is 5.30. The second-order valence-electron chi connectivity index (χ2n) is 9.38. The fourth-order valence-electron chi connectivity index (χ4n) is 3.71. The Balaban J connectivity index is 1.99. The molecule has 4 nitrogen and oxygen atoms in total. The summed E-state index contributed by atoms with van der Waals surface area (Å²) in [4.78, 5) is 28.8. The van der Waals surface area contributed by atoms with Gasteiger partial charge >= 0.3 is 0 Å². The van der Waals surface area contributed by atoms with Gasteiger partial charge in [-0.1, -0.05) is 89.9 Å². The largest absolute Gasteiger partial charge is 0.350 e. The van der Waals surface area contributed by atoms with Crippen molar-refractivity contribution >= 4 is 35.0 Å². The molecular formula is C28H30Cl2N2O2. The lowest BCUT2D eigenvalue weighted by Gasteiger charge is -2.34. The smallest absolute Gasteiger partial charge is 0.243 e. The molecule has 0 aliphatic carbocycles. The van der Waals surface area contributed by atoms with E-state index >= 15 is 0 Å². The van der Waals surface area contributed by atoms with Crippen molar-refractivity contribution in [1.29, 1.82) is 0 Å². The summed E-state index contributed by atoms with van der Waals surface area (Å²) in [5, 5.41) is 3.92. The first-order valence-corrected chi connectivity index (χ1v) is 12.0. The Bertz CT molecular complexity index is 1110. The molecular weight excluding hydrogens is 467 g/mol. The summed E-state index contributed by atoms with van der Waals surface area (Å²) in [5.74, 6) is -0.333. The van der Waals surface area contributed by atoms with E-state index in [1.54, 1.807) is 17.0 Å². The minimum absolute atomic E-state index is 0.137. The summed E-state index contributed by atoms with van der Waals surface area (Å²) in [6, 6.07) is 23.9. The van der Waals surface area contributed by atoms with Gasteiger partial charge in [-0.05, 0) is 49.6 Å². The Morgan fingerprint density at radius 2 is 1.41 bits per heavy atom. The highest BCUT2D eigenvalue weighted by Crippen LogP contribution is 2.25. The maximum atomic E-state index is 13.7.